The van der Waals surface area contributed by atoms with Gasteiger partial charge in [-0.1, -0.05) is 29.4 Å². The Labute approximate surface area is 135 Å². The molecule has 21 heavy (non-hydrogen) atoms. The van der Waals surface area contributed by atoms with Gasteiger partial charge in [0.15, 0.2) is 0 Å². The molecular formula is C14H9Cl2FO2S2. The van der Waals surface area contributed by atoms with Gasteiger partial charge in [-0.3, -0.25) is 0 Å². The van der Waals surface area contributed by atoms with E-state index in [1.807, 2.05) is 0 Å². The van der Waals surface area contributed by atoms with Crippen LogP contribution in [-0.4, -0.2) is 8.42 Å². The van der Waals surface area contributed by atoms with Gasteiger partial charge in [-0.05, 0) is 48.2 Å². The summed E-state index contributed by atoms with van der Waals surface area (Å²) >= 11 is 7.34. The molecule has 0 aromatic heterocycles. The number of halogens is 3. The topological polar surface area (TPSA) is 34.1 Å². The van der Waals surface area contributed by atoms with Crippen LogP contribution in [0.15, 0.2) is 45.0 Å². The van der Waals surface area contributed by atoms with Crippen LogP contribution in [0.1, 0.15) is 11.1 Å². The van der Waals surface area contributed by atoms with Crippen molar-refractivity contribution in [1.29, 1.82) is 0 Å². The molecular weight excluding hydrogens is 354 g/mol. The summed E-state index contributed by atoms with van der Waals surface area (Å²) in [5.41, 5.74) is 1.97. The Morgan fingerprint density at radius 2 is 1.71 bits per heavy atom. The van der Waals surface area contributed by atoms with E-state index in [1.54, 1.807) is 12.1 Å². The summed E-state index contributed by atoms with van der Waals surface area (Å²) < 4.78 is 36.5. The van der Waals surface area contributed by atoms with Gasteiger partial charge in [-0.15, -0.1) is 0 Å². The Morgan fingerprint density at radius 1 is 1.05 bits per heavy atom. The maximum absolute atomic E-state index is 13.4. The zero-order chi connectivity index (χ0) is 15.2. The lowest BCUT2D eigenvalue weighted by atomic mass is 10.0. The lowest BCUT2D eigenvalue weighted by molar-refractivity contribution is 0.609. The van der Waals surface area contributed by atoms with Gasteiger partial charge in [0.05, 0.1) is 5.02 Å². The van der Waals surface area contributed by atoms with Crippen LogP contribution in [0.3, 0.4) is 0 Å². The third-order valence-electron chi connectivity index (χ3n) is 3.29. The van der Waals surface area contributed by atoms with E-state index in [0.29, 0.717) is 6.42 Å². The molecule has 3 rings (SSSR count). The molecule has 2 nitrogen and oxygen atoms in total. The van der Waals surface area contributed by atoms with E-state index in [0.717, 1.165) is 27.3 Å². The summed E-state index contributed by atoms with van der Waals surface area (Å²) in [6, 6.07) is 7.73. The highest BCUT2D eigenvalue weighted by atomic mass is 35.7. The number of rotatable bonds is 1. The number of benzene rings is 2. The van der Waals surface area contributed by atoms with Gasteiger partial charge in [0, 0.05) is 20.5 Å². The standard InChI is InChI=1S/C14H9Cl2FO2S2/c15-11-5-9-2-1-8-3-4-10(17)6-12(8)20-13(9)7-14(11)21(16,18)19/h3-7H,1-2H2. The normalized spacial score (nSPS) is 14.2. The molecule has 1 aliphatic rings. The zero-order valence-electron chi connectivity index (χ0n) is 10.6. The van der Waals surface area contributed by atoms with E-state index >= 15 is 0 Å². The van der Waals surface area contributed by atoms with Crippen molar-refractivity contribution in [2.75, 3.05) is 0 Å². The molecule has 7 heteroatoms. The van der Waals surface area contributed by atoms with Gasteiger partial charge >= 0.3 is 0 Å². The molecule has 0 amide bonds. The van der Waals surface area contributed by atoms with Crippen molar-refractivity contribution in [3.63, 3.8) is 0 Å². The van der Waals surface area contributed by atoms with E-state index in [9.17, 15) is 12.8 Å². The minimum atomic E-state index is -3.91. The molecule has 0 saturated heterocycles. The molecule has 1 heterocycles. The summed E-state index contributed by atoms with van der Waals surface area (Å²) in [5.74, 6) is -0.316. The monoisotopic (exact) mass is 362 g/mol. The molecule has 0 bridgehead atoms. The van der Waals surface area contributed by atoms with Crippen molar-refractivity contribution in [2.24, 2.45) is 0 Å². The van der Waals surface area contributed by atoms with Crippen LogP contribution in [0.4, 0.5) is 4.39 Å². The first-order valence-electron chi connectivity index (χ1n) is 6.08. The molecule has 0 N–H and O–H groups in total. The lowest BCUT2D eigenvalue weighted by Crippen LogP contribution is -1.96. The first kappa shape index (κ1) is 15.2. The summed E-state index contributed by atoms with van der Waals surface area (Å²) in [5, 5.41) is 0.112. The SMILES string of the molecule is O=S(=O)(Cl)c1cc2c(cc1Cl)CCc1ccc(F)cc1S2. The first-order chi connectivity index (χ1) is 9.84. The smallest absolute Gasteiger partial charge is 0.207 e. The van der Waals surface area contributed by atoms with Crippen molar-refractivity contribution in [1.82, 2.24) is 0 Å². The Hall–Kier alpha value is -0.750. The van der Waals surface area contributed by atoms with E-state index in [1.165, 1.54) is 30.0 Å². The predicted molar refractivity (Wildman–Crippen MR) is 82.4 cm³/mol. The van der Waals surface area contributed by atoms with E-state index < -0.39 is 9.05 Å². The first-order valence-corrected chi connectivity index (χ1v) is 9.58. The van der Waals surface area contributed by atoms with E-state index in [2.05, 4.69) is 0 Å². The van der Waals surface area contributed by atoms with Crippen LogP contribution in [0.2, 0.25) is 5.02 Å². The van der Waals surface area contributed by atoms with Crippen molar-refractivity contribution in [2.45, 2.75) is 27.5 Å². The van der Waals surface area contributed by atoms with E-state index in [4.69, 9.17) is 22.3 Å². The van der Waals surface area contributed by atoms with Gasteiger partial charge in [-0.2, -0.15) is 0 Å². The molecule has 0 saturated carbocycles. The third kappa shape index (κ3) is 3.06. The highest BCUT2D eigenvalue weighted by molar-refractivity contribution is 8.13. The van der Waals surface area contributed by atoms with Crippen LogP contribution in [0, 0.1) is 5.82 Å². The molecule has 2 aromatic carbocycles. The molecule has 0 fully saturated rings. The Bertz CT molecular complexity index is 835. The molecule has 0 radical (unpaired) electrons. The average Bonchev–Trinajstić information content (AvgIpc) is 2.55. The van der Waals surface area contributed by atoms with Gasteiger partial charge in [0.1, 0.15) is 10.7 Å². The molecule has 0 atom stereocenters. The molecule has 2 aromatic rings. The van der Waals surface area contributed by atoms with Gasteiger partial charge in [0.25, 0.3) is 9.05 Å². The second kappa shape index (κ2) is 5.47. The Morgan fingerprint density at radius 3 is 2.43 bits per heavy atom. The van der Waals surface area contributed by atoms with Crippen molar-refractivity contribution >= 4 is 43.1 Å². The zero-order valence-corrected chi connectivity index (χ0v) is 13.7. The van der Waals surface area contributed by atoms with Crippen LogP contribution < -0.4 is 0 Å². The fourth-order valence-corrected chi connectivity index (χ4v) is 5.07. The van der Waals surface area contributed by atoms with Crippen molar-refractivity contribution in [3.05, 3.63) is 52.3 Å². The highest BCUT2D eigenvalue weighted by Crippen LogP contribution is 2.41. The maximum Gasteiger partial charge on any atom is 0.262 e. The Balaban J connectivity index is 2.15. The molecule has 0 spiro atoms. The highest BCUT2D eigenvalue weighted by Gasteiger charge is 2.21. The quantitative estimate of drug-likeness (QED) is 0.692. The fraction of sp³-hybridized carbons (Fsp3) is 0.143. The number of hydrogen-bond donors (Lipinski definition) is 0. The average molecular weight is 363 g/mol. The van der Waals surface area contributed by atoms with Crippen molar-refractivity contribution in [3.8, 4) is 0 Å². The number of fused-ring (bicyclic) bond motifs is 2. The second-order valence-corrected chi connectivity index (χ2v) is 8.71. The minimum absolute atomic E-state index is 0.112. The van der Waals surface area contributed by atoms with Gasteiger partial charge in [-0.25, -0.2) is 12.8 Å². The Kier molecular flexibility index (Phi) is 3.94. The predicted octanol–water partition coefficient (Wildman–Crippen LogP) is 4.66. The van der Waals surface area contributed by atoms with Crippen LogP contribution in [0.25, 0.3) is 0 Å². The third-order valence-corrected chi connectivity index (χ3v) is 6.28. The molecule has 110 valence electrons. The maximum atomic E-state index is 13.4. The second-order valence-electron chi connectivity index (χ2n) is 4.68. The molecule has 0 unspecified atom stereocenters. The largest absolute Gasteiger partial charge is 0.262 e. The molecule has 0 aliphatic carbocycles. The summed E-state index contributed by atoms with van der Waals surface area (Å²) in [4.78, 5) is 1.41. The molecule has 1 aliphatic heterocycles. The van der Waals surface area contributed by atoms with Crippen LogP contribution in [-0.2, 0) is 21.9 Å². The number of aryl methyl sites for hydroxylation is 2. The van der Waals surface area contributed by atoms with Crippen LogP contribution >= 0.6 is 34.0 Å². The lowest BCUT2D eigenvalue weighted by Gasteiger charge is -2.09. The summed E-state index contributed by atoms with van der Waals surface area (Å²) in [6.45, 7) is 0. The minimum Gasteiger partial charge on any atom is -0.207 e. The number of hydrogen-bond acceptors (Lipinski definition) is 3. The summed E-state index contributed by atoms with van der Waals surface area (Å²) in [7, 11) is 1.48. The van der Waals surface area contributed by atoms with Crippen LogP contribution in [0.5, 0.6) is 0 Å². The fourth-order valence-electron chi connectivity index (χ4n) is 2.27. The van der Waals surface area contributed by atoms with Gasteiger partial charge in [0.2, 0.25) is 0 Å². The van der Waals surface area contributed by atoms with E-state index in [-0.39, 0.29) is 15.7 Å². The van der Waals surface area contributed by atoms with Gasteiger partial charge < -0.3 is 0 Å². The van der Waals surface area contributed by atoms with Crippen molar-refractivity contribution < 1.29 is 12.8 Å². The summed E-state index contributed by atoms with van der Waals surface area (Å²) in [6.07, 6.45) is 1.46.